The van der Waals surface area contributed by atoms with Gasteiger partial charge in [0.25, 0.3) is 5.79 Å². The molecule has 0 bridgehead atoms. The number of carbonyl (C=O) groups excluding carboxylic acids is 2. The smallest absolute Gasteiger partial charge is 0.341 e. The minimum absolute atomic E-state index is 0.208. The summed E-state index contributed by atoms with van der Waals surface area (Å²) in [5.74, 6) is -3.76. The molecule has 1 aliphatic rings. The molecule has 0 spiro atoms. The van der Waals surface area contributed by atoms with Gasteiger partial charge in [-0.2, -0.15) is 0 Å². The van der Waals surface area contributed by atoms with Crippen molar-refractivity contribution in [2.24, 2.45) is 5.73 Å². The number of aliphatic hydroxyl groups is 1. The first-order chi connectivity index (χ1) is 18.7. The number of nitrogens with two attached hydrogens (primary N) is 1. The number of esters is 1. The third kappa shape index (κ3) is 8.09. The van der Waals surface area contributed by atoms with Gasteiger partial charge in [0, 0.05) is 48.2 Å². The lowest BCUT2D eigenvalue weighted by atomic mass is 9.92. The molecular formula is C30H43NO9. The van der Waals surface area contributed by atoms with Crippen molar-refractivity contribution in [1.29, 1.82) is 0 Å². The van der Waals surface area contributed by atoms with E-state index in [9.17, 15) is 14.7 Å². The Bertz CT molecular complexity index is 1150. The molecule has 222 valence electrons. The zero-order valence-corrected chi connectivity index (χ0v) is 24.7. The number of cyclic esters (lactones) is 1. The molecule has 3 N–H and O–H groups in total. The second kappa shape index (κ2) is 13.7. The van der Waals surface area contributed by atoms with Gasteiger partial charge in [0.05, 0.1) is 13.2 Å². The molecule has 0 radical (unpaired) electrons. The Kier molecular flexibility index (Phi) is 11.4. The van der Waals surface area contributed by atoms with Gasteiger partial charge in [0.2, 0.25) is 11.7 Å². The van der Waals surface area contributed by atoms with E-state index >= 15 is 0 Å². The van der Waals surface area contributed by atoms with E-state index in [0.717, 1.165) is 22.3 Å². The number of primary amides is 1. The molecule has 0 saturated carbocycles. The van der Waals surface area contributed by atoms with E-state index in [0.29, 0.717) is 19.6 Å². The summed E-state index contributed by atoms with van der Waals surface area (Å²) in [6.07, 6.45) is 0.558. The van der Waals surface area contributed by atoms with Crippen molar-refractivity contribution in [1.82, 2.24) is 0 Å². The molecule has 1 amide bonds. The minimum Gasteiger partial charge on any atom is -0.425 e. The van der Waals surface area contributed by atoms with Crippen LogP contribution in [0.1, 0.15) is 49.9 Å². The maximum absolute atomic E-state index is 12.6. The zero-order valence-electron chi connectivity index (χ0n) is 24.7. The average Bonchev–Trinajstić information content (AvgIpc) is 2.88. The van der Waals surface area contributed by atoms with E-state index < -0.39 is 34.7 Å². The monoisotopic (exact) mass is 561 g/mol. The van der Waals surface area contributed by atoms with Gasteiger partial charge in [-0.25, -0.2) is 4.79 Å². The van der Waals surface area contributed by atoms with Crippen LogP contribution in [-0.2, 0) is 64.1 Å². The number of hydrogen-bond donors (Lipinski definition) is 2. The largest absolute Gasteiger partial charge is 0.425 e. The third-order valence-electron chi connectivity index (χ3n) is 6.97. The summed E-state index contributed by atoms with van der Waals surface area (Å²) in [6.45, 7) is 7.44. The lowest BCUT2D eigenvalue weighted by Gasteiger charge is -2.51. The summed E-state index contributed by atoms with van der Waals surface area (Å²) in [6, 6.07) is 15.3. The van der Waals surface area contributed by atoms with Gasteiger partial charge < -0.3 is 39.3 Å². The molecule has 1 saturated heterocycles. The Hall–Kier alpha value is -2.86. The van der Waals surface area contributed by atoms with E-state index in [1.54, 1.807) is 35.0 Å². The second-order valence-electron chi connectivity index (χ2n) is 10.5. The lowest BCUT2D eigenvalue weighted by molar-refractivity contribution is -0.420. The Balaban J connectivity index is 0.000000305. The van der Waals surface area contributed by atoms with E-state index in [4.69, 9.17) is 34.2 Å². The second-order valence-corrected chi connectivity index (χ2v) is 10.5. The molecule has 10 nitrogen and oxygen atoms in total. The van der Waals surface area contributed by atoms with Crippen LogP contribution in [0.15, 0.2) is 48.5 Å². The van der Waals surface area contributed by atoms with Crippen LogP contribution < -0.4 is 5.73 Å². The molecular weight excluding hydrogens is 518 g/mol. The number of benzene rings is 2. The fourth-order valence-electron chi connectivity index (χ4n) is 4.37. The van der Waals surface area contributed by atoms with Crippen molar-refractivity contribution in [3.63, 3.8) is 0 Å². The SMILES string of the molecule is COCc1cccc(CC2(C)OC(C)(OC)C(C)(OC)OC2=O)c1.COCc1cccc(C[C@@](C)(O)C(N)=O)c1. The van der Waals surface area contributed by atoms with Gasteiger partial charge in [-0.05, 0) is 43.0 Å². The lowest BCUT2D eigenvalue weighted by Crippen LogP contribution is -2.68. The molecule has 10 heteroatoms. The van der Waals surface area contributed by atoms with Gasteiger partial charge >= 0.3 is 5.97 Å². The topological polar surface area (TPSA) is 136 Å². The normalized spacial score (nSPS) is 25.8. The van der Waals surface area contributed by atoms with Crippen molar-refractivity contribution < 1.29 is 43.1 Å². The summed E-state index contributed by atoms with van der Waals surface area (Å²) < 4.78 is 32.6. The molecule has 40 heavy (non-hydrogen) atoms. The summed E-state index contributed by atoms with van der Waals surface area (Å²) >= 11 is 0. The number of methoxy groups -OCH3 is 4. The van der Waals surface area contributed by atoms with E-state index in [1.165, 1.54) is 21.1 Å². The number of hydrogen-bond acceptors (Lipinski definition) is 9. The maximum Gasteiger partial charge on any atom is 0.341 e. The minimum atomic E-state index is -1.51. The van der Waals surface area contributed by atoms with Crippen molar-refractivity contribution in [2.45, 2.75) is 76.5 Å². The molecule has 4 atom stereocenters. The molecule has 3 unspecified atom stereocenters. The standard InChI is InChI=1S/C18H26O6.C12H17NO3/c1-16(11-13-8-7-9-14(10-13)12-20-4)15(19)23-17(2,21-5)18(3,22-6)24-16;1-12(15,11(13)14)7-9-4-3-5-10(6-9)8-16-2/h7-10H,11-12H2,1-6H3;3-6,15H,7-8H2,1-2H3,(H2,13,14)/t;12-/m.1/s1. The Labute approximate surface area is 236 Å². The van der Waals surface area contributed by atoms with E-state index in [2.05, 4.69) is 0 Å². The molecule has 1 heterocycles. The predicted molar refractivity (Wildman–Crippen MR) is 148 cm³/mol. The predicted octanol–water partition coefficient (Wildman–Crippen LogP) is 3.04. The Morgan fingerprint density at radius 1 is 0.875 bits per heavy atom. The molecule has 1 aliphatic heterocycles. The molecule has 0 aliphatic carbocycles. The summed E-state index contributed by atoms with van der Waals surface area (Å²) in [5, 5.41) is 9.76. The van der Waals surface area contributed by atoms with Crippen molar-refractivity contribution in [3.8, 4) is 0 Å². The number of amides is 1. The van der Waals surface area contributed by atoms with Crippen LogP contribution >= 0.6 is 0 Å². The first-order valence-electron chi connectivity index (χ1n) is 12.9. The number of carbonyl (C=O) groups is 2. The molecule has 2 aromatic carbocycles. The summed E-state index contributed by atoms with van der Waals surface area (Å²) in [5.41, 5.74) is 6.24. The fourth-order valence-corrected chi connectivity index (χ4v) is 4.37. The van der Waals surface area contributed by atoms with Crippen LogP contribution in [0.3, 0.4) is 0 Å². The van der Waals surface area contributed by atoms with Crippen LogP contribution in [-0.4, -0.2) is 68.2 Å². The van der Waals surface area contributed by atoms with Crippen LogP contribution in [0.25, 0.3) is 0 Å². The Morgan fingerprint density at radius 2 is 1.35 bits per heavy atom. The summed E-state index contributed by atoms with van der Waals surface area (Å²) in [4.78, 5) is 23.6. The molecule has 1 fully saturated rings. The van der Waals surface area contributed by atoms with E-state index in [-0.39, 0.29) is 6.42 Å². The van der Waals surface area contributed by atoms with Crippen LogP contribution in [0.5, 0.6) is 0 Å². The van der Waals surface area contributed by atoms with Crippen LogP contribution in [0.4, 0.5) is 0 Å². The fraction of sp³-hybridized carbons (Fsp3) is 0.533. The summed E-state index contributed by atoms with van der Waals surface area (Å²) in [7, 11) is 6.21. The number of ether oxygens (including phenoxy) is 6. The highest BCUT2D eigenvalue weighted by molar-refractivity contribution is 5.83. The quantitative estimate of drug-likeness (QED) is 0.397. The van der Waals surface area contributed by atoms with Crippen molar-refractivity contribution in [2.75, 3.05) is 28.4 Å². The van der Waals surface area contributed by atoms with Gasteiger partial charge in [-0.1, -0.05) is 48.5 Å². The van der Waals surface area contributed by atoms with Gasteiger partial charge in [-0.15, -0.1) is 0 Å². The third-order valence-corrected chi connectivity index (χ3v) is 6.97. The maximum atomic E-state index is 12.6. The molecule has 0 aromatic heterocycles. The molecule has 3 rings (SSSR count). The first kappa shape index (κ1) is 33.3. The van der Waals surface area contributed by atoms with E-state index in [1.807, 2.05) is 48.5 Å². The average molecular weight is 562 g/mol. The Morgan fingerprint density at radius 3 is 1.82 bits per heavy atom. The van der Waals surface area contributed by atoms with Crippen LogP contribution in [0, 0.1) is 0 Å². The highest BCUT2D eigenvalue weighted by atomic mass is 16.8. The van der Waals surface area contributed by atoms with Crippen LogP contribution in [0.2, 0.25) is 0 Å². The van der Waals surface area contributed by atoms with Gasteiger partial charge in [-0.3, -0.25) is 4.79 Å². The highest BCUT2D eigenvalue weighted by Gasteiger charge is 2.61. The van der Waals surface area contributed by atoms with Crippen molar-refractivity contribution in [3.05, 3.63) is 70.8 Å². The number of rotatable bonds is 11. The van der Waals surface area contributed by atoms with Gasteiger partial charge in [0.15, 0.2) is 5.60 Å². The highest BCUT2D eigenvalue weighted by Crippen LogP contribution is 2.42. The molecule has 2 aromatic rings. The van der Waals surface area contributed by atoms with Crippen molar-refractivity contribution >= 4 is 11.9 Å². The van der Waals surface area contributed by atoms with Gasteiger partial charge in [0.1, 0.15) is 5.60 Å². The first-order valence-corrected chi connectivity index (χ1v) is 12.9. The zero-order chi connectivity index (χ0) is 30.2.